The van der Waals surface area contributed by atoms with Gasteiger partial charge in [-0.25, -0.2) is 0 Å². The zero-order valence-electron chi connectivity index (χ0n) is 9.96. The average Bonchev–Trinajstić information content (AvgIpc) is 2.79. The van der Waals surface area contributed by atoms with Gasteiger partial charge in [0.2, 0.25) is 0 Å². The molecule has 100 valence electrons. The highest BCUT2D eigenvalue weighted by atomic mass is 79.9. The maximum absolute atomic E-state index is 10.4. The van der Waals surface area contributed by atoms with Gasteiger partial charge in [0.25, 0.3) is 0 Å². The Morgan fingerprint density at radius 2 is 2.33 bits per heavy atom. The molecule has 0 spiro atoms. The third-order valence-electron chi connectivity index (χ3n) is 2.46. The third kappa shape index (κ3) is 2.96. The summed E-state index contributed by atoms with van der Waals surface area (Å²) in [6.07, 6.45) is 0.531. The summed E-state index contributed by atoms with van der Waals surface area (Å²) in [4.78, 5) is 11.4. The van der Waals surface area contributed by atoms with Gasteiger partial charge in [0, 0.05) is 5.54 Å². The number of nitrogens with one attached hydrogen (secondary N) is 1. The Kier molecular flexibility index (Phi) is 4.48. The lowest BCUT2D eigenvalue weighted by atomic mass is 10.1. The van der Waals surface area contributed by atoms with Crippen LogP contribution in [0, 0.1) is 0 Å². The van der Waals surface area contributed by atoms with Crippen LogP contribution in [-0.2, 0) is 9.53 Å². The first-order valence-corrected chi connectivity index (χ1v) is 7.78. The summed E-state index contributed by atoms with van der Waals surface area (Å²) in [6.45, 7) is 4.83. The number of ether oxygens (including phenoxy) is 2. The number of carbonyl (C=O) groups excluding carboxylic acids is 1. The molecule has 0 aliphatic carbocycles. The van der Waals surface area contributed by atoms with E-state index in [2.05, 4.69) is 51.0 Å². The molecule has 1 unspecified atom stereocenters. The van der Waals surface area contributed by atoms with Gasteiger partial charge in [-0.05, 0) is 45.7 Å². The summed E-state index contributed by atoms with van der Waals surface area (Å²) < 4.78 is 12.9. The standard InChI is InChI=1S/C11H13Br2NO3S/c1-11(2)5-17-10(14-11)8-7(16-4-3-15)6(12)9(13)18-8/h3,10,14H,4-5H2,1-2H3. The molecule has 18 heavy (non-hydrogen) atoms. The zero-order valence-corrected chi connectivity index (χ0v) is 13.9. The molecule has 4 nitrogen and oxygen atoms in total. The van der Waals surface area contributed by atoms with E-state index < -0.39 is 0 Å². The third-order valence-corrected chi connectivity index (χ3v) is 5.90. The van der Waals surface area contributed by atoms with Gasteiger partial charge in [-0.15, -0.1) is 11.3 Å². The molecule has 0 saturated carbocycles. The Hall–Kier alpha value is 0.0500. The van der Waals surface area contributed by atoms with E-state index in [1.165, 1.54) is 11.3 Å². The fourth-order valence-electron chi connectivity index (χ4n) is 1.68. The molecule has 0 bridgehead atoms. The van der Waals surface area contributed by atoms with Crippen LogP contribution in [0.1, 0.15) is 25.0 Å². The summed E-state index contributed by atoms with van der Waals surface area (Å²) in [6, 6.07) is 0. The van der Waals surface area contributed by atoms with Gasteiger partial charge >= 0.3 is 0 Å². The second-order valence-corrected chi connectivity index (χ2v) is 7.74. The largest absolute Gasteiger partial charge is 0.484 e. The van der Waals surface area contributed by atoms with Gasteiger partial charge in [-0.2, -0.15) is 0 Å². The van der Waals surface area contributed by atoms with E-state index in [4.69, 9.17) is 9.47 Å². The van der Waals surface area contributed by atoms with Crippen molar-refractivity contribution in [1.82, 2.24) is 5.32 Å². The maximum atomic E-state index is 10.4. The molecule has 1 aromatic rings. The number of thiophene rings is 1. The van der Waals surface area contributed by atoms with E-state index in [1.54, 1.807) is 0 Å². The van der Waals surface area contributed by atoms with Crippen molar-refractivity contribution in [3.05, 3.63) is 13.1 Å². The lowest BCUT2D eigenvalue weighted by Crippen LogP contribution is -2.35. The first-order chi connectivity index (χ1) is 8.44. The van der Waals surface area contributed by atoms with Crippen LogP contribution in [0.4, 0.5) is 0 Å². The molecule has 2 heterocycles. The molecule has 0 amide bonds. The van der Waals surface area contributed by atoms with Crippen LogP contribution in [0.3, 0.4) is 0 Å². The van der Waals surface area contributed by atoms with Crippen LogP contribution in [0.15, 0.2) is 8.26 Å². The molecule has 0 radical (unpaired) electrons. The van der Waals surface area contributed by atoms with Crippen molar-refractivity contribution in [2.45, 2.75) is 25.6 Å². The monoisotopic (exact) mass is 397 g/mol. The van der Waals surface area contributed by atoms with Crippen molar-refractivity contribution in [3.63, 3.8) is 0 Å². The Morgan fingerprint density at radius 3 is 2.89 bits per heavy atom. The predicted molar refractivity (Wildman–Crippen MR) is 77.2 cm³/mol. The van der Waals surface area contributed by atoms with E-state index in [0.29, 0.717) is 12.4 Å². The minimum atomic E-state index is -0.200. The highest BCUT2D eigenvalue weighted by Gasteiger charge is 2.35. The molecule has 1 saturated heterocycles. The number of carbonyl (C=O) groups is 1. The summed E-state index contributed by atoms with van der Waals surface area (Å²) in [5.41, 5.74) is -0.0600. The highest BCUT2D eigenvalue weighted by molar-refractivity contribution is 9.13. The van der Waals surface area contributed by atoms with Crippen LogP contribution in [0.25, 0.3) is 0 Å². The number of hydrogen-bond acceptors (Lipinski definition) is 5. The van der Waals surface area contributed by atoms with Crippen LogP contribution >= 0.6 is 43.2 Å². The molecule has 1 fully saturated rings. The molecule has 2 rings (SSSR count). The Labute approximate surface area is 126 Å². The summed E-state index contributed by atoms with van der Waals surface area (Å²) >= 11 is 8.43. The van der Waals surface area contributed by atoms with Gasteiger partial charge in [0.05, 0.1) is 19.7 Å². The van der Waals surface area contributed by atoms with Gasteiger partial charge in [-0.1, -0.05) is 0 Å². The maximum Gasteiger partial charge on any atom is 0.157 e. The predicted octanol–water partition coefficient (Wildman–Crippen LogP) is 3.25. The molecule has 7 heteroatoms. The molecule has 1 aliphatic heterocycles. The van der Waals surface area contributed by atoms with Crippen molar-refractivity contribution in [3.8, 4) is 5.75 Å². The van der Waals surface area contributed by atoms with Crippen molar-refractivity contribution < 1.29 is 14.3 Å². The second kappa shape index (κ2) is 5.58. The molecule has 1 N–H and O–H groups in total. The van der Waals surface area contributed by atoms with Crippen LogP contribution in [-0.4, -0.2) is 25.0 Å². The van der Waals surface area contributed by atoms with Gasteiger partial charge in [-0.3, -0.25) is 10.1 Å². The normalized spacial score (nSPS) is 22.1. The lowest BCUT2D eigenvalue weighted by Gasteiger charge is -2.17. The first-order valence-electron chi connectivity index (χ1n) is 5.38. The van der Waals surface area contributed by atoms with E-state index in [9.17, 15) is 4.79 Å². The SMILES string of the molecule is CC1(C)COC(c2sc(Br)c(Br)c2OCC=O)N1. The van der Waals surface area contributed by atoms with E-state index in [0.717, 1.165) is 19.4 Å². The Bertz CT molecular complexity index is 461. The number of rotatable bonds is 4. The van der Waals surface area contributed by atoms with Gasteiger partial charge < -0.3 is 9.47 Å². The van der Waals surface area contributed by atoms with Crippen LogP contribution in [0.5, 0.6) is 5.75 Å². The summed E-state index contributed by atoms with van der Waals surface area (Å²) in [5, 5.41) is 3.38. The molecule has 1 aromatic heterocycles. The Morgan fingerprint density at radius 1 is 1.61 bits per heavy atom. The quantitative estimate of drug-likeness (QED) is 0.791. The molecule has 1 aliphatic rings. The van der Waals surface area contributed by atoms with Crippen molar-refractivity contribution in [2.24, 2.45) is 0 Å². The first kappa shape index (κ1) is 14.5. The summed E-state index contributed by atoms with van der Waals surface area (Å²) in [7, 11) is 0. The summed E-state index contributed by atoms with van der Waals surface area (Å²) in [5.74, 6) is 0.661. The van der Waals surface area contributed by atoms with Gasteiger partial charge in [0.1, 0.15) is 12.8 Å². The molecule has 0 aromatic carbocycles. The zero-order chi connectivity index (χ0) is 13.3. The van der Waals surface area contributed by atoms with Crippen LogP contribution < -0.4 is 10.1 Å². The number of aldehydes is 1. The highest BCUT2D eigenvalue weighted by Crippen LogP contribution is 2.47. The second-order valence-electron chi connectivity index (χ2n) is 4.58. The minimum absolute atomic E-state index is 0.0326. The number of halogens is 2. The van der Waals surface area contributed by atoms with E-state index >= 15 is 0 Å². The minimum Gasteiger partial charge on any atom is -0.484 e. The topological polar surface area (TPSA) is 47.6 Å². The Balaban J connectivity index is 2.27. The van der Waals surface area contributed by atoms with Crippen molar-refractivity contribution in [2.75, 3.05) is 13.2 Å². The van der Waals surface area contributed by atoms with Crippen molar-refractivity contribution >= 4 is 49.5 Å². The fraction of sp³-hybridized carbons (Fsp3) is 0.545. The van der Waals surface area contributed by atoms with Crippen molar-refractivity contribution in [1.29, 1.82) is 0 Å². The molecule has 1 atom stereocenters. The number of hydrogen-bond donors (Lipinski definition) is 1. The van der Waals surface area contributed by atoms with Gasteiger partial charge in [0.15, 0.2) is 12.0 Å². The smallest absolute Gasteiger partial charge is 0.157 e. The fourth-order valence-corrected chi connectivity index (χ4v) is 3.95. The van der Waals surface area contributed by atoms with Crippen LogP contribution in [0.2, 0.25) is 0 Å². The average molecular weight is 399 g/mol. The van der Waals surface area contributed by atoms with E-state index in [1.807, 2.05) is 0 Å². The molecular formula is C11H13Br2NO3S. The lowest BCUT2D eigenvalue weighted by molar-refractivity contribution is -0.109. The molecular weight excluding hydrogens is 386 g/mol. The van der Waals surface area contributed by atoms with E-state index in [-0.39, 0.29) is 18.4 Å².